The fourth-order valence-corrected chi connectivity index (χ4v) is 4.97. The lowest BCUT2D eigenvalue weighted by Gasteiger charge is -2.46. The number of nitrogens with zero attached hydrogens (tertiary/aromatic N) is 2. The SMILES string of the molecule is CCOC(=O)/C(=C\C[C@H]1[C@@H](N(Cc2ccccc2)Cc2ccccc2)CCCN1C(=O)OC(C)(C)C)OC(C)=O. The minimum Gasteiger partial charge on any atom is -0.460 e. The first-order chi connectivity index (χ1) is 19.1. The van der Waals surface area contributed by atoms with E-state index in [-0.39, 0.29) is 30.9 Å². The van der Waals surface area contributed by atoms with E-state index >= 15 is 0 Å². The summed E-state index contributed by atoms with van der Waals surface area (Å²) in [5.74, 6) is -1.49. The molecule has 0 aliphatic carbocycles. The van der Waals surface area contributed by atoms with Crippen LogP contribution in [-0.4, -0.2) is 58.7 Å². The predicted molar refractivity (Wildman–Crippen MR) is 153 cm³/mol. The summed E-state index contributed by atoms with van der Waals surface area (Å²) in [5, 5.41) is 0. The molecule has 0 radical (unpaired) electrons. The van der Waals surface area contributed by atoms with E-state index in [1.165, 1.54) is 6.92 Å². The molecule has 2 aromatic carbocycles. The second kappa shape index (κ2) is 14.7. The molecule has 0 saturated carbocycles. The quantitative estimate of drug-likeness (QED) is 0.159. The highest BCUT2D eigenvalue weighted by Gasteiger charge is 2.39. The van der Waals surface area contributed by atoms with Crippen molar-refractivity contribution in [2.24, 2.45) is 0 Å². The number of hydrogen-bond acceptors (Lipinski definition) is 7. The smallest absolute Gasteiger partial charge is 0.410 e. The summed E-state index contributed by atoms with van der Waals surface area (Å²) in [5.41, 5.74) is 1.66. The Kier molecular flexibility index (Phi) is 11.3. The summed E-state index contributed by atoms with van der Waals surface area (Å²) < 4.78 is 16.1. The van der Waals surface area contributed by atoms with Gasteiger partial charge in [-0.2, -0.15) is 0 Å². The molecule has 1 saturated heterocycles. The topological polar surface area (TPSA) is 85.4 Å². The molecule has 3 rings (SSSR count). The van der Waals surface area contributed by atoms with Crippen LogP contribution in [0, 0.1) is 0 Å². The van der Waals surface area contributed by atoms with E-state index in [0.717, 1.165) is 24.0 Å². The maximum Gasteiger partial charge on any atom is 0.410 e. The van der Waals surface area contributed by atoms with Gasteiger partial charge in [-0.1, -0.05) is 60.7 Å². The van der Waals surface area contributed by atoms with Crippen molar-refractivity contribution in [1.29, 1.82) is 0 Å². The molecule has 2 atom stereocenters. The van der Waals surface area contributed by atoms with Gasteiger partial charge in [0.1, 0.15) is 5.60 Å². The Hall–Kier alpha value is -3.65. The third-order valence-corrected chi connectivity index (χ3v) is 6.57. The summed E-state index contributed by atoms with van der Waals surface area (Å²) in [6, 6.07) is 20.1. The zero-order valence-electron chi connectivity index (χ0n) is 24.3. The van der Waals surface area contributed by atoms with Gasteiger partial charge in [0.2, 0.25) is 5.76 Å². The summed E-state index contributed by atoms with van der Waals surface area (Å²) in [4.78, 5) is 41.9. The molecule has 1 aliphatic heterocycles. The van der Waals surface area contributed by atoms with E-state index in [1.54, 1.807) is 17.9 Å². The number of benzene rings is 2. The van der Waals surface area contributed by atoms with Crippen molar-refractivity contribution < 1.29 is 28.6 Å². The molecule has 0 bridgehead atoms. The zero-order valence-corrected chi connectivity index (χ0v) is 24.3. The Bertz CT molecular complexity index is 1100. The maximum atomic E-state index is 13.5. The average molecular weight is 551 g/mol. The van der Waals surface area contributed by atoms with Crippen molar-refractivity contribution in [3.8, 4) is 0 Å². The largest absolute Gasteiger partial charge is 0.460 e. The molecule has 0 spiro atoms. The first kappa shape index (κ1) is 30.9. The van der Waals surface area contributed by atoms with Gasteiger partial charge < -0.3 is 19.1 Å². The van der Waals surface area contributed by atoms with Crippen molar-refractivity contribution in [3.63, 3.8) is 0 Å². The maximum absolute atomic E-state index is 13.5. The number of likely N-dealkylation sites (tertiary alicyclic amines) is 1. The molecule has 0 aromatic heterocycles. The number of ether oxygens (including phenoxy) is 3. The number of carbonyl (C=O) groups excluding carboxylic acids is 3. The predicted octanol–water partition coefficient (Wildman–Crippen LogP) is 5.86. The van der Waals surface area contributed by atoms with Gasteiger partial charge in [0, 0.05) is 32.6 Å². The Balaban J connectivity index is 2.01. The van der Waals surface area contributed by atoms with Gasteiger partial charge in [-0.3, -0.25) is 9.69 Å². The van der Waals surface area contributed by atoms with Crippen LogP contribution in [0.5, 0.6) is 0 Å². The third-order valence-electron chi connectivity index (χ3n) is 6.57. The molecule has 216 valence electrons. The van der Waals surface area contributed by atoms with Gasteiger partial charge in [0.15, 0.2) is 0 Å². The Morgan fingerprint density at radius 3 is 2.05 bits per heavy atom. The number of carbonyl (C=O) groups is 3. The van der Waals surface area contributed by atoms with Gasteiger partial charge in [-0.05, 0) is 64.2 Å². The second-order valence-corrected chi connectivity index (χ2v) is 10.9. The molecule has 1 heterocycles. The van der Waals surface area contributed by atoms with E-state index < -0.39 is 23.6 Å². The van der Waals surface area contributed by atoms with E-state index in [0.29, 0.717) is 19.6 Å². The lowest BCUT2D eigenvalue weighted by Crippen LogP contribution is -2.57. The molecule has 1 aliphatic rings. The normalized spacial score (nSPS) is 17.9. The van der Waals surface area contributed by atoms with Crippen LogP contribution >= 0.6 is 0 Å². The van der Waals surface area contributed by atoms with Crippen molar-refractivity contribution in [3.05, 3.63) is 83.6 Å². The number of esters is 2. The van der Waals surface area contributed by atoms with Crippen LogP contribution in [0.3, 0.4) is 0 Å². The van der Waals surface area contributed by atoms with Crippen LogP contribution in [0.15, 0.2) is 72.5 Å². The number of rotatable bonds is 10. The Labute approximate surface area is 237 Å². The summed E-state index contributed by atoms with van der Waals surface area (Å²) in [6.07, 6.45) is 3.10. The van der Waals surface area contributed by atoms with Crippen LogP contribution in [0.1, 0.15) is 65.0 Å². The number of hydrogen-bond donors (Lipinski definition) is 0. The highest BCUT2D eigenvalue weighted by atomic mass is 16.6. The Morgan fingerprint density at radius 1 is 0.975 bits per heavy atom. The number of piperidine rings is 1. The van der Waals surface area contributed by atoms with Crippen molar-refractivity contribution in [2.75, 3.05) is 13.2 Å². The molecule has 2 aromatic rings. The fourth-order valence-electron chi connectivity index (χ4n) is 4.97. The van der Waals surface area contributed by atoms with Crippen LogP contribution < -0.4 is 0 Å². The minimum absolute atomic E-state index is 0.0568. The van der Waals surface area contributed by atoms with Crippen molar-refractivity contribution in [2.45, 2.75) is 84.7 Å². The molecule has 40 heavy (non-hydrogen) atoms. The molecule has 8 nitrogen and oxygen atoms in total. The zero-order chi connectivity index (χ0) is 29.1. The van der Waals surface area contributed by atoms with Gasteiger partial charge in [-0.25, -0.2) is 9.59 Å². The van der Waals surface area contributed by atoms with Crippen LogP contribution in [0.4, 0.5) is 4.79 Å². The highest BCUT2D eigenvalue weighted by molar-refractivity contribution is 5.89. The molecular weight excluding hydrogens is 508 g/mol. The summed E-state index contributed by atoms with van der Waals surface area (Å²) in [6.45, 7) is 10.5. The van der Waals surface area contributed by atoms with E-state index in [4.69, 9.17) is 14.2 Å². The fraction of sp³-hybridized carbons (Fsp3) is 0.469. The molecule has 0 N–H and O–H groups in total. The van der Waals surface area contributed by atoms with Gasteiger partial charge in [-0.15, -0.1) is 0 Å². The van der Waals surface area contributed by atoms with E-state index in [1.807, 2.05) is 57.2 Å². The lowest BCUT2D eigenvalue weighted by atomic mass is 9.91. The third kappa shape index (κ3) is 9.52. The monoisotopic (exact) mass is 550 g/mol. The first-order valence-electron chi connectivity index (χ1n) is 13.9. The average Bonchev–Trinajstić information content (AvgIpc) is 2.90. The van der Waals surface area contributed by atoms with Gasteiger partial charge >= 0.3 is 18.0 Å². The van der Waals surface area contributed by atoms with Crippen LogP contribution in [-0.2, 0) is 36.9 Å². The van der Waals surface area contributed by atoms with E-state index in [9.17, 15) is 14.4 Å². The molecule has 0 unspecified atom stereocenters. The molecule has 1 amide bonds. The van der Waals surface area contributed by atoms with Gasteiger partial charge in [0.05, 0.1) is 12.6 Å². The highest BCUT2D eigenvalue weighted by Crippen LogP contribution is 2.30. The first-order valence-corrected chi connectivity index (χ1v) is 13.9. The second-order valence-electron chi connectivity index (χ2n) is 10.9. The Morgan fingerprint density at radius 2 is 1.55 bits per heavy atom. The van der Waals surface area contributed by atoms with Gasteiger partial charge in [0.25, 0.3) is 0 Å². The molecule has 8 heteroatoms. The standard InChI is InChI=1S/C32H42N2O6/c1-6-38-30(36)29(39-24(2)35)20-19-28-27(18-13-21-34(28)31(37)40-32(3,4)5)33(22-25-14-9-7-10-15-25)23-26-16-11-8-12-17-26/h7-12,14-17,20,27-28H,6,13,18-19,21-23H2,1-5H3/b29-20+/t27-,28-/m0/s1. The minimum atomic E-state index is -0.709. The van der Waals surface area contributed by atoms with E-state index in [2.05, 4.69) is 29.2 Å². The molecular formula is C32H42N2O6. The van der Waals surface area contributed by atoms with Crippen molar-refractivity contribution >= 4 is 18.0 Å². The summed E-state index contributed by atoms with van der Waals surface area (Å²) in [7, 11) is 0. The summed E-state index contributed by atoms with van der Waals surface area (Å²) >= 11 is 0. The molecule has 1 fully saturated rings. The number of amides is 1. The van der Waals surface area contributed by atoms with Crippen LogP contribution in [0.2, 0.25) is 0 Å². The van der Waals surface area contributed by atoms with Crippen molar-refractivity contribution in [1.82, 2.24) is 9.80 Å². The lowest BCUT2D eigenvalue weighted by molar-refractivity contribution is -0.150. The van der Waals surface area contributed by atoms with Crippen LogP contribution in [0.25, 0.3) is 0 Å².